The molecular weight excluding hydrogens is 92.1 g/mol. The maximum Gasteiger partial charge on any atom is 0.244 e. The summed E-state index contributed by atoms with van der Waals surface area (Å²) >= 11 is 0. The Morgan fingerprint density at radius 3 is 2.71 bits per heavy atom. The fourth-order valence-corrected chi connectivity index (χ4v) is 0.173. The zero-order valence-corrected chi connectivity index (χ0v) is 3.98. The van der Waals surface area contributed by atoms with E-state index in [0.29, 0.717) is 0 Å². The summed E-state index contributed by atoms with van der Waals surface area (Å²) in [6.07, 6.45) is 1.17. The Hall–Kier alpha value is -0.830. The molecule has 0 fully saturated rings. The minimum atomic E-state index is -0.234. The molecule has 0 aromatic rings. The lowest BCUT2D eigenvalue weighted by atomic mass is 10.6. The molecule has 40 valence electrons. The summed E-state index contributed by atoms with van der Waals surface area (Å²) in [5.74, 6) is -0.234. The SMILES string of the molecule is C=CC(=O)NCN. The van der Waals surface area contributed by atoms with Crippen LogP contribution < -0.4 is 11.1 Å². The van der Waals surface area contributed by atoms with Crippen LogP contribution in [0.4, 0.5) is 0 Å². The van der Waals surface area contributed by atoms with Gasteiger partial charge in [0.25, 0.3) is 0 Å². The van der Waals surface area contributed by atoms with E-state index in [1.54, 1.807) is 0 Å². The van der Waals surface area contributed by atoms with Gasteiger partial charge in [0.1, 0.15) is 0 Å². The number of carbonyl (C=O) groups is 1. The highest BCUT2D eigenvalue weighted by atomic mass is 16.1. The number of carbonyl (C=O) groups excluding carboxylic acids is 1. The van der Waals surface area contributed by atoms with E-state index in [2.05, 4.69) is 11.9 Å². The molecule has 0 unspecified atom stereocenters. The number of rotatable bonds is 2. The van der Waals surface area contributed by atoms with Crippen LogP contribution in [-0.4, -0.2) is 12.6 Å². The molecule has 3 N–H and O–H groups in total. The molecule has 0 aliphatic carbocycles. The van der Waals surface area contributed by atoms with Gasteiger partial charge < -0.3 is 11.1 Å². The first-order chi connectivity index (χ1) is 3.31. The Labute approximate surface area is 42.2 Å². The van der Waals surface area contributed by atoms with Gasteiger partial charge in [0.2, 0.25) is 5.91 Å². The van der Waals surface area contributed by atoms with Crippen LogP contribution in [0.5, 0.6) is 0 Å². The number of hydrogen-bond acceptors (Lipinski definition) is 2. The van der Waals surface area contributed by atoms with E-state index in [9.17, 15) is 4.79 Å². The topological polar surface area (TPSA) is 55.1 Å². The Morgan fingerprint density at radius 1 is 2.00 bits per heavy atom. The molecule has 0 spiro atoms. The number of nitrogens with two attached hydrogens (primary N) is 1. The first-order valence-electron chi connectivity index (χ1n) is 1.91. The number of amides is 1. The minimum Gasteiger partial charge on any atom is -0.340 e. The van der Waals surface area contributed by atoms with Gasteiger partial charge in [0.15, 0.2) is 0 Å². The molecule has 0 heterocycles. The standard InChI is InChI=1S/C4H8N2O/c1-2-4(7)6-3-5/h2H,1,3,5H2,(H,6,7). The maximum atomic E-state index is 10.1. The quantitative estimate of drug-likeness (QED) is 0.353. The van der Waals surface area contributed by atoms with Gasteiger partial charge in [-0.2, -0.15) is 0 Å². The lowest BCUT2D eigenvalue weighted by molar-refractivity contribution is -0.116. The zero-order chi connectivity index (χ0) is 5.70. The van der Waals surface area contributed by atoms with Crippen molar-refractivity contribution in [2.24, 2.45) is 5.73 Å². The summed E-state index contributed by atoms with van der Waals surface area (Å²) in [5.41, 5.74) is 4.93. The van der Waals surface area contributed by atoms with Gasteiger partial charge >= 0.3 is 0 Å². The van der Waals surface area contributed by atoms with Gasteiger partial charge in [-0.1, -0.05) is 6.58 Å². The van der Waals surface area contributed by atoms with E-state index in [4.69, 9.17) is 5.73 Å². The molecule has 1 amide bonds. The van der Waals surface area contributed by atoms with Crippen molar-refractivity contribution in [3.63, 3.8) is 0 Å². The third-order valence-electron chi connectivity index (χ3n) is 0.462. The second kappa shape index (κ2) is 3.36. The monoisotopic (exact) mass is 100 g/mol. The zero-order valence-electron chi connectivity index (χ0n) is 3.98. The smallest absolute Gasteiger partial charge is 0.244 e. The fraction of sp³-hybridized carbons (Fsp3) is 0.250. The molecule has 0 radical (unpaired) electrons. The van der Waals surface area contributed by atoms with Crippen LogP contribution in [0.1, 0.15) is 0 Å². The summed E-state index contributed by atoms with van der Waals surface area (Å²) in [4.78, 5) is 10.1. The number of nitrogens with one attached hydrogen (secondary N) is 1. The van der Waals surface area contributed by atoms with Crippen LogP contribution in [-0.2, 0) is 4.79 Å². The van der Waals surface area contributed by atoms with Crippen molar-refractivity contribution in [2.75, 3.05) is 6.67 Å². The van der Waals surface area contributed by atoms with E-state index < -0.39 is 0 Å². The lowest BCUT2D eigenvalue weighted by Gasteiger charge is -1.90. The van der Waals surface area contributed by atoms with E-state index in [1.807, 2.05) is 0 Å². The highest BCUT2D eigenvalue weighted by Gasteiger charge is 1.83. The summed E-state index contributed by atoms with van der Waals surface area (Å²) in [6.45, 7) is 3.38. The summed E-state index contributed by atoms with van der Waals surface area (Å²) in [5, 5.41) is 2.32. The van der Waals surface area contributed by atoms with Crippen LogP contribution in [0, 0.1) is 0 Å². The van der Waals surface area contributed by atoms with E-state index in [1.165, 1.54) is 6.08 Å². The van der Waals surface area contributed by atoms with Crippen molar-refractivity contribution in [1.29, 1.82) is 0 Å². The predicted octanol–water partition coefficient (Wildman–Crippen LogP) is -0.795. The summed E-state index contributed by atoms with van der Waals surface area (Å²) in [7, 11) is 0. The molecule has 0 aromatic heterocycles. The van der Waals surface area contributed by atoms with E-state index in [-0.39, 0.29) is 12.6 Å². The third-order valence-corrected chi connectivity index (χ3v) is 0.462. The molecule has 0 saturated heterocycles. The second-order valence-corrected chi connectivity index (χ2v) is 0.949. The van der Waals surface area contributed by atoms with Crippen LogP contribution >= 0.6 is 0 Å². The first kappa shape index (κ1) is 6.17. The van der Waals surface area contributed by atoms with Crippen molar-refractivity contribution in [3.8, 4) is 0 Å². The highest BCUT2D eigenvalue weighted by Crippen LogP contribution is 1.58. The molecular formula is C4H8N2O. The Morgan fingerprint density at radius 2 is 2.57 bits per heavy atom. The van der Waals surface area contributed by atoms with Crippen molar-refractivity contribution in [3.05, 3.63) is 12.7 Å². The average Bonchev–Trinajstić information content (AvgIpc) is 1.68. The molecule has 0 saturated carbocycles. The second-order valence-electron chi connectivity index (χ2n) is 0.949. The fourth-order valence-electron chi connectivity index (χ4n) is 0.173. The highest BCUT2D eigenvalue weighted by molar-refractivity contribution is 5.86. The van der Waals surface area contributed by atoms with Crippen molar-refractivity contribution < 1.29 is 4.79 Å². The van der Waals surface area contributed by atoms with Crippen molar-refractivity contribution in [2.45, 2.75) is 0 Å². The molecule has 0 aliphatic rings. The summed E-state index contributed by atoms with van der Waals surface area (Å²) < 4.78 is 0. The lowest BCUT2D eigenvalue weighted by Crippen LogP contribution is -2.27. The minimum absolute atomic E-state index is 0.171. The molecule has 0 rings (SSSR count). The number of hydrogen-bond donors (Lipinski definition) is 2. The Balaban J connectivity index is 3.17. The predicted molar refractivity (Wildman–Crippen MR) is 27.4 cm³/mol. The van der Waals surface area contributed by atoms with Gasteiger partial charge in [0.05, 0.1) is 6.67 Å². The molecule has 7 heavy (non-hydrogen) atoms. The Kier molecular flexibility index (Phi) is 2.96. The first-order valence-corrected chi connectivity index (χ1v) is 1.91. The van der Waals surface area contributed by atoms with Gasteiger partial charge in [-0.25, -0.2) is 0 Å². The van der Waals surface area contributed by atoms with Gasteiger partial charge in [-0.15, -0.1) is 0 Å². The molecule has 0 aliphatic heterocycles. The van der Waals surface area contributed by atoms with Gasteiger partial charge in [-0.3, -0.25) is 4.79 Å². The van der Waals surface area contributed by atoms with Crippen LogP contribution in [0.3, 0.4) is 0 Å². The third kappa shape index (κ3) is 2.99. The van der Waals surface area contributed by atoms with Crippen molar-refractivity contribution in [1.82, 2.24) is 5.32 Å². The van der Waals surface area contributed by atoms with Gasteiger partial charge in [-0.05, 0) is 6.08 Å². The molecule has 0 aromatic carbocycles. The van der Waals surface area contributed by atoms with E-state index >= 15 is 0 Å². The van der Waals surface area contributed by atoms with Crippen LogP contribution in [0.25, 0.3) is 0 Å². The molecule has 3 nitrogen and oxygen atoms in total. The molecule has 3 heteroatoms. The largest absolute Gasteiger partial charge is 0.340 e. The van der Waals surface area contributed by atoms with E-state index in [0.717, 1.165) is 0 Å². The molecule has 0 bridgehead atoms. The summed E-state index contributed by atoms with van der Waals surface area (Å²) in [6, 6.07) is 0. The normalized spacial score (nSPS) is 7.57. The van der Waals surface area contributed by atoms with Crippen LogP contribution in [0.15, 0.2) is 12.7 Å². The van der Waals surface area contributed by atoms with Crippen molar-refractivity contribution >= 4 is 5.91 Å². The Bertz CT molecular complexity index is 79.8. The average molecular weight is 100 g/mol. The molecule has 0 atom stereocenters. The van der Waals surface area contributed by atoms with Gasteiger partial charge in [0, 0.05) is 0 Å². The van der Waals surface area contributed by atoms with Crippen LogP contribution in [0.2, 0.25) is 0 Å². The maximum absolute atomic E-state index is 10.1.